The number of aromatic nitrogens is 4. The maximum Gasteiger partial charge on any atom is 0.421 e. The highest BCUT2D eigenvalue weighted by atomic mass is 79.9. The van der Waals surface area contributed by atoms with E-state index in [0.717, 1.165) is 21.6 Å². The van der Waals surface area contributed by atoms with Crippen LogP contribution in [-0.2, 0) is 0 Å². The lowest BCUT2D eigenvalue weighted by atomic mass is 10.0. The first-order valence-electron chi connectivity index (χ1n) is 9.20. The first-order chi connectivity index (χ1) is 14.5. The summed E-state index contributed by atoms with van der Waals surface area (Å²) in [4.78, 5) is 41.3. The van der Waals surface area contributed by atoms with Crippen LogP contribution in [0.5, 0.6) is 0 Å². The van der Waals surface area contributed by atoms with Crippen LogP contribution in [0.3, 0.4) is 0 Å². The number of aromatic amines is 1. The highest BCUT2D eigenvalue weighted by Crippen LogP contribution is 2.39. The molecule has 0 saturated carbocycles. The maximum absolute atomic E-state index is 12.6. The lowest BCUT2D eigenvalue weighted by Crippen LogP contribution is -2.53. The van der Waals surface area contributed by atoms with Crippen molar-refractivity contribution in [1.82, 2.24) is 24.9 Å². The molecule has 1 aliphatic rings. The van der Waals surface area contributed by atoms with Gasteiger partial charge in [0.25, 0.3) is 5.91 Å². The lowest BCUT2D eigenvalue weighted by Gasteiger charge is -2.38. The minimum atomic E-state index is -1.17. The van der Waals surface area contributed by atoms with Gasteiger partial charge in [-0.05, 0) is 28.8 Å². The minimum absolute atomic E-state index is 0.189. The van der Waals surface area contributed by atoms with Gasteiger partial charge in [0, 0.05) is 37.9 Å². The van der Waals surface area contributed by atoms with Crippen molar-refractivity contribution in [2.45, 2.75) is 18.9 Å². The van der Waals surface area contributed by atoms with E-state index < -0.39 is 12.0 Å². The summed E-state index contributed by atoms with van der Waals surface area (Å²) in [5.41, 5.74) is 2.12. The van der Waals surface area contributed by atoms with Crippen molar-refractivity contribution >= 4 is 50.3 Å². The number of pyridine rings is 1. The molecule has 0 unspecified atom stereocenters. The molecule has 12 heteroatoms. The molecule has 0 aromatic carbocycles. The summed E-state index contributed by atoms with van der Waals surface area (Å²) in [7, 11) is 0. The van der Waals surface area contributed by atoms with Crippen molar-refractivity contribution in [3.63, 3.8) is 0 Å². The SMILES string of the molecule is NN(C(=O)O)[C@@H]1CCCN(c2c(Br)cnc3[nH]cc(NC(=O)c4cnccn4)c23)C1. The molecular formula is C18H19BrN8O3. The third-order valence-corrected chi connectivity index (χ3v) is 5.58. The molecule has 1 aliphatic heterocycles. The Bertz CT molecular complexity index is 1090. The average molecular weight is 475 g/mol. The van der Waals surface area contributed by atoms with Gasteiger partial charge < -0.3 is 20.3 Å². The molecule has 0 aliphatic carbocycles. The van der Waals surface area contributed by atoms with Gasteiger partial charge in [0.05, 0.1) is 33.5 Å². The Balaban J connectivity index is 1.70. The monoisotopic (exact) mass is 474 g/mol. The van der Waals surface area contributed by atoms with E-state index in [4.69, 9.17) is 5.84 Å². The van der Waals surface area contributed by atoms with Crippen molar-refractivity contribution in [3.05, 3.63) is 41.2 Å². The fourth-order valence-electron chi connectivity index (χ4n) is 3.61. The van der Waals surface area contributed by atoms with Crippen LogP contribution in [0.25, 0.3) is 11.0 Å². The van der Waals surface area contributed by atoms with Gasteiger partial charge in [-0.3, -0.25) is 9.78 Å². The molecule has 156 valence electrons. The van der Waals surface area contributed by atoms with E-state index in [-0.39, 0.29) is 11.7 Å². The predicted molar refractivity (Wildman–Crippen MR) is 113 cm³/mol. The normalized spacial score (nSPS) is 16.5. The van der Waals surface area contributed by atoms with Crippen LogP contribution in [0.15, 0.2) is 35.5 Å². The third-order valence-electron chi connectivity index (χ3n) is 5.00. The molecule has 2 amide bonds. The third kappa shape index (κ3) is 3.78. The van der Waals surface area contributed by atoms with Crippen LogP contribution in [-0.4, -0.2) is 61.2 Å². The number of carbonyl (C=O) groups excluding carboxylic acids is 1. The number of H-pyrrole nitrogens is 1. The molecule has 5 N–H and O–H groups in total. The summed E-state index contributed by atoms with van der Waals surface area (Å²) in [6.07, 6.45) is 7.94. The Kier molecular flexibility index (Phi) is 5.50. The van der Waals surface area contributed by atoms with E-state index in [1.807, 2.05) is 0 Å². The summed E-state index contributed by atoms with van der Waals surface area (Å²) in [6, 6.07) is -0.344. The van der Waals surface area contributed by atoms with E-state index in [1.54, 1.807) is 12.4 Å². The van der Waals surface area contributed by atoms with E-state index in [0.29, 0.717) is 36.2 Å². The van der Waals surface area contributed by atoms with E-state index in [1.165, 1.54) is 18.6 Å². The summed E-state index contributed by atoms with van der Waals surface area (Å²) in [6.45, 7) is 1.13. The van der Waals surface area contributed by atoms with Crippen LogP contribution in [0.1, 0.15) is 23.3 Å². The van der Waals surface area contributed by atoms with Crippen LogP contribution in [0.4, 0.5) is 16.2 Å². The predicted octanol–water partition coefficient (Wildman–Crippen LogP) is 2.19. The van der Waals surface area contributed by atoms with Gasteiger partial charge in [-0.25, -0.2) is 25.6 Å². The number of nitrogens with zero attached hydrogens (tertiary/aromatic N) is 5. The van der Waals surface area contributed by atoms with Crippen molar-refractivity contribution in [1.29, 1.82) is 0 Å². The standard InChI is InChI=1S/C18H19BrN8O3/c19-11-6-23-16-14(12(8-24-16)25-17(28)13-7-21-3-4-22-13)15(11)26-5-1-2-10(9-26)27(20)18(29)30/h3-4,6-8,10H,1-2,5,9,20H2,(H,23,24)(H,25,28)(H,29,30)/t10-/m1/s1. The van der Waals surface area contributed by atoms with Gasteiger partial charge in [0.15, 0.2) is 0 Å². The molecule has 1 fully saturated rings. The molecule has 4 rings (SSSR count). The number of piperidine rings is 1. The van der Waals surface area contributed by atoms with E-state index in [9.17, 15) is 14.7 Å². The highest BCUT2D eigenvalue weighted by molar-refractivity contribution is 9.10. The molecule has 4 heterocycles. The van der Waals surface area contributed by atoms with Crippen LogP contribution in [0, 0.1) is 0 Å². The molecule has 11 nitrogen and oxygen atoms in total. The van der Waals surface area contributed by atoms with Gasteiger partial charge in [0.2, 0.25) is 0 Å². The minimum Gasteiger partial charge on any atom is -0.464 e. The molecule has 1 saturated heterocycles. The molecule has 0 spiro atoms. The van der Waals surface area contributed by atoms with Crippen molar-refractivity contribution in [3.8, 4) is 0 Å². The first kappa shape index (κ1) is 20.0. The Morgan fingerprint density at radius 3 is 2.90 bits per heavy atom. The number of halogens is 1. The van der Waals surface area contributed by atoms with Crippen molar-refractivity contribution < 1.29 is 14.7 Å². The maximum atomic E-state index is 12.6. The molecular weight excluding hydrogens is 456 g/mol. The molecule has 30 heavy (non-hydrogen) atoms. The van der Waals surface area contributed by atoms with Gasteiger partial charge >= 0.3 is 6.09 Å². The summed E-state index contributed by atoms with van der Waals surface area (Å²) < 4.78 is 0.726. The van der Waals surface area contributed by atoms with Gasteiger partial charge in [-0.15, -0.1) is 0 Å². The molecule has 1 atom stereocenters. The number of carboxylic acid groups (broad SMARTS) is 1. The lowest BCUT2D eigenvalue weighted by molar-refractivity contribution is 0.102. The highest BCUT2D eigenvalue weighted by Gasteiger charge is 2.29. The fourth-order valence-corrected chi connectivity index (χ4v) is 4.16. The number of nitrogens with two attached hydrogens (primary N) is 1. The molecule has 0 bridgehead atoms. The Morgan fingerprint density at radius 2 is 2.17 bits per heavy atom. The van der Waals surface area contributed by atoms with Gasteiger partial charge in [-0.2, -0.15) is 0 Å². The zero-order chi connectivity index (χ0) is 21.3. The van der Waals surface area contributed by atoms with E-state index in [2.05, 4.69) is 46.1 Å². The second kappa shape index (κ2) is 8.24. The quantitative estimate of drug-likeness (QED) is 0.255. The number of fused-ring (bicyclic) bond motifs is 1. The number of nitrogens with one attached hydrogen (secondary N) is 2. The second-order valence-corrected chi connectivity index (χ2v) is 7.71. The Hall–Kier alpha value is -3.25. The fraction of sp³-hybridized carbons (Fsp3) is 0.278. The topological polar surface area (TPSA) is 153 Å². The van der Waals surface area contributed by atoms with Crippen LogP contribution < -0.4 is 16.1 Å². The summed E-state index contributed by atoms with van der Waals surface area (Å²) in [5, 5.41) is 13.6. The molecule has 0 radical (unpaired) electrons. The Morgan fingerprint density at radius 1 is 1.33 bits per heavy atom. The van der Waals surface area contributed by atoms with Gasteiger partial charge in [0.1, 0.15) is 11.3 Å². The second-order valence-electron chi connectivity index (χ2n) is 6.86. The molecule has 3 aromatic rings. The van der Waals surface area contributed by atoms with E-state index >= 15 is 0 Å². The van der Waals surface area contributed by atoms with Crippen molar-refractivity contribution in [2.75, 3.05) is 23.3 Å². The Labute approximate surface area is 179 Å². The number of hydrogen-bond acceptors (Lipinski definition) is 7. The summed E-state index contributed by atoms with van der Waals surface area (Å²) in [5.74, 6) is 5.33. The molecule has 3 aromatic heterocycles. The number of carbonyl (C=O) groups is 2. The zero-order valence-electron chi connectivity index (χ0n) is 15.7. The van der Waals surface area contributed by atoms with Gasteiger partial charge in [-0.1, -0.05) is 0 Å². The number of amides is 2. The first-order valence-corrected chi connectivity index (χ1v) is 9.99. The van der Waals surface area contributed by atoms with Crippen LogP contribution >= 0.6 is 15.9 Å². The number of hydrazine groups is 1. The van der Waals surface area contributed by atoms with Crippen LogP contribution in [0.2, 0.25) is 0 Å². The number of anilines is 2. The number of hydrogen-bond donors (Lipinski definition) is 4. The largest absolute Gasteiger partial charge is 0.464 e. The van der Waals surface area contributed by atoms with Crippen molar-refractivity contribution in [2.24, 2.45) is 5.84 Å². The average Bonchev–Trinajstić information content (AvgIpc) is 3.16. The summed E-state index contributed by atoms with van der Waals surface area (Å²) >= 11 is 3.55. The number of rotatable bonds is 4. The smallest absolute Gasteiger partial charge is 0.421 e. The zero-order valence-corrected chi connectivity index (χ0v) is 17.3.